The Kier molecular flexibility index (Phi) is 4.48. The highest BCUT2D eigenvalue weighted by Crippen LogP contribution is 2.28. The van der Waals surface area contributed by atoms with Crippen molar-refractivity contribution in [3.8, 4) is 17.2 Å². The van der Waals surface area contributed by atoms with Crippen LogP contribution in [0.2, 0.25) is 0 Å². The first-order chi connectivity index (χ1) is 11.7. The van der Waals surface area contributed by atoms with Gasteiger partial charge in [0.25, 0.3) is 0 Å². The zero-order valence-corrected chi connectivity index (χ0v) is 13.6. The number of carbonyl (C=O) groups is 1. The molecule has 0 spiro atoms. The van der Waals surface area contributed by atoms with Crippen LogP contribution in [0.15, 0.2) is 46.9 Å². The molecule has 0 saturated carbocycles. The smallest absolute Gasteiger partial charge is 0.339 e. The molecular weight excluding hydrogens is 310 g/mol. The second kappa shape index (κ2) is 6.72. The number of oxazole rings is 1. The van der Waals surface area contributed by atoms with Crippen molar-refractivity contribution >= 4 is 17.1 Å². The minimum atomic E-state index is -0.791. The highest BCUT2D eigenvalue weighted by atomic mass is 16.6. The molecule has 2 aromatic carbocycles. The Labute approximate surface area is 139 Å². The lowest BCUT2D eigenvalue weighted by Gasteiger charge is -2.12. The first-order valence-corrected chi connectivity index (χ1v) is 7.32. The van der Waals surface area contributed by atoms with Crippen LogP contribution in [-0.4, -0.2) is 32.3 Å². The zero-order valence-electron chi connectivity index (χ0n) is 13.6. The summed E-state index contributed by atoms with van der Waals surface area (Å²) < 4.78 is 20.9. The molecule has 0 aliphatic carbocycles. The summed E-state index contributed by atoms with van der Waals surface area (Å²) in [7, 11) is 4.39. The molecule has 1 aromatic heterocycles. The van der Waals surface area contributed by atoms with Gasteiger partial charge in [-0.05, 0) is 42.0 Å². The lowest BCUT2D eigenvalue weighted by Crippen LogP contribution is -2.15. The first kappa shape index (κ1) is 16.0. The van der Waals surface area contributed by atoms with Crippen molar-refractivity contribution in [2.75, 3.05) is 21.3 Å². The highest BCUT2D eigenvalue weighted by molar-refractivity contribution is 5.81. The molecule has 24 heavy (non-hydrogen) atoms. The van der Waals surface area contributed by atoms with Crippen LogP contribution in [0, 0.1) is 0 Å². The first-order valence-electron chi connectivity index (χ1n) is 7.32. The molecule has 0 fully saturated rings. The second-order valence-corrected chi connectivity index (χ2v) is 5.11. The van der Waals surface area contributed by atoms with E-state index in [0.717, 1.165) is 11.3 Å². The van der Waals surface area contributed by atoms with Gasteiger partial charge in [0.1, 0.15) is 11.3 Å². The highest BCUT2D eigenvalue weighted by Gasteiger charge is 2.22. The molecule has 1 atom stereocenters. The van der Waals surface area contributed by atoms with Gasteiger partial charge in [-0.15, -0.1) is 0 Å². The third-order valence-corrected chi connectivity index (χ3v) is 3.70. The van der Waals surface area contributed by atoms with Crippen molar-refractivity contribution in [1.29, 1.82) is 0 Å². The molecule has 0 amide bonds. The van der Waals surface area contributed by atoms with Crippen LogP contribution in [0.25, 0.3) is 22.6 Å². The summed E-state index contributed by atoms with van der Waals surface area (Å²) in [5.41, 5.74) is 2.77. The molecule has 0 bridgehead atoms. The maximum Gasteiger partial charge on any atom is 0.339 e. The maximum atomic E-state index is 11.8. The molecular formula is C18H17NO5. The van der Waals surface area contributed by atoms with E-state index in [2.05, 4.69) is 4.98 Å². The average Bonchev–Trinajstić information content (AvgIpc) is 3.05. The number of nitrogens with zero attached hydrogens (tertiary/aromatic N) is 1. The number of benzene rings is 2. The van der Waals surface area contributed by atoms with E-state index >= 15 is 0 Å². The topological polar surface area (TPSA) is 70.8 Å². The van der Waals surface area contributed by atoms with Crippen LogP contribution >= 0.6 is 0 Å². The summed E-state index contributed by atoms with van der Waals surface area (Å²) in [6.45, 7) is 0. The Hall–Kier alpha value is -2.86. The van der Waals surface area contributed by atoms with Gasteiger partial charge >= 0.3 is 5.97 Å². The monoisotopic (exact) mass is 327 g/mol. The summed E-state index contributed by atoms with van der Waals surface area (Å²) in [5, 5.41) is 0. The summed E-state index contributed by atoms with van der Waals surface area (Å²) in [4.78, 5) is 16.2. The molecule has 1 unspecified atom stereocenters. The van der Waals surface area contributed by atoms with Gasteiger partial charge in [-0.2, -0.15) is 0 Å². The molecule has 1 heterocycles. The van der Waals surface area contributed by atoms with Gasteiger partial charge in [-0.3, -0.25) is 0 Å². The van der Waals surface area contributed by atoms with Gasteiger partial charge in [0.15, 0.2) is 11.7 Å². The molecule has 6 nitrogen and oxygen atoms in total. The number of ether oxygens (including phenoxy) is 3. The lowest BCUT2D eigenvalue weighted by molar-refractivity contribution is -0.152. The Bertz CT molecular complexity index is 853. The van der Waals surface area contributed by atoms with Crippen molar-refractivity contribution in [1.82, 2.24) is 4.98 Å². The molecule has 0 aliphatic heterocycles. The fourth-order valence-electron chi connectivity index (χ4n) is 2.44. The van der Waals surface area contributed by atoms with E-state index in [-0.39, 0.29) is 0 Å². The van der Waals surface area contributed by atoms with Crippen molar-refractivity contribution in [2.24, 2.45) is 0 Å². The standard InChI is InChI=1S/C18H17NO5/c1-21-13-7-4-11(5-8-13)17-19-14-10-12(6-9-15(14)24-17)16(22-2)18(20)23-3/h4-10,16H,1-3H3. The van der Waals surface area contributed by atoms with Crippen molar-refractivity contribution < 1.29 is 23.4 Å². The Morgan fingerprint density at radius 3 is 2.46 bits per heavy atom. The van der Waals surface area contributed by atoms with Crippen LogP contribution in [0.4, 0.5) is 0 Å². The second-order valence-electron chi connectivity index (χ2n) is 5.11. The van der Waals surface area contributed by atoms with E-state index in [9.17, 15) is 4.79 Å². The van der Waals surface area contributed by atoms with E-state index in [1.54, 1.807) is 25.3 Å². The molecule has 3 aromatic rings. The number of fused-ring (bicyclic) bond motifs is 1. The Balaban J connectivity index is 1.97. The normalized spacial score (nSPS) is 12.1. The van der Waals surface area contributed by atoms with Gasteiger partial charge in [0.2, 0.25) is 5.89 Å². The summed E-state index contributed by atoms with van der Waals surface area (Å²) in [6.07, 6.45) is -0.791. The minimum Gasteiger partial charge on any atom is -0.497 e. The fourth-order valence-corrected chi connectivity index (χ4v) is 2.44. The van der Waals surface area contributed by atoms with Gasteiger partial charge in [-0.1, -0.05) is 6.07 Å². The molecule has 0 radical (unpaired) electrons. The van der Waals surface area contributed by atoms with Crippen LogP contribution in [-0.2, 0) is 14.3 Å². The summed E-state index contributed by atoms with van der Waals surface area (Å²) in [6, 6.07) is 12.7. The van der Waals surface area contributed by atoms with Gasteiger partial charge in [0, 0.05) is 12.7 Å². The fraction of sp³-hybridized carbons (Fsp3) is 0.222. The third kappa shape index (κ3) is 2.96. The van der Waals surface area contributed by atoms with E-state index in [1.807, 2.05) is 24.3 Å². The van der Waals surface area contributed by atoms with Crippen LogP contribution < -0.4 is 4.74 Å². The number of esters is 1. The predicted octanol–water partition coefficient (Wildman–Crippen LogP) is 3.36. The Morgan fingerprint density at radius 1 is 1.08 bits per heavy atom. The summed E-state index contributed by atoms with van der Waals surface area (Å²) >= 11 is 0. The van der Waals surface area contributed by atoms with E-state index in [1.165, 1.54) is 14.2 Å². The third-order valence-electron chi connectivity index (χ3n) is 3.70. The van der Waals surface area contributed by atoms with Crippen molar-refractivity contribution in [2.45, 2.75) is 6.10 Å². The maximum absolute atomic E-state index is 11.8. The number of rotatable bonds is 5. The number of carbonyl (C=O) groups excluding carboxylic acids is 1. The van der Waals surface area contributed by atoms with Gasteiger partial charge in [0.05, 0.1) is 14.2 Å². The largest absolute Gasteiger partial charge is 0.497 e. The Morgan fingerprint density at radius 2 is 1.83 bits per heavy atom. The summed E-state index contributed by atoms with van der Waals surface area (Å²) in [5.74, 6) is 0.797. The zero-order chi connectivity index (χ0) is 17.1. The van der Waals surface area contributed by atoms with E-state index in [4.69, 9.17) is 18.6 Å². The number of methoxy groups -OCH3 is 3. The number of hydrogen-bond donors (Lipinski definition) is 0. The molecule has 0 aliphatic rings. The van der Waals surface area contributed by atoms with E-state index < -0.39 is 12.1 Å². The SMILES string of the molecule is COC(=O)C(OC)c1ccc2oc(-c3ccc(OC)cc3)nc2c1. The molecule has 124 valence electrons. The van der Waals surface area contributed by atoms with Crippen LogP contribution in [0.1, 0.15) is 11.7 Å². The van der Waals surface area contributed by atoms with E-state index in [0.29, 0.717) is 22.6 Å². The molecule has 3 rings (SSSR count). The number of hydrogen-bond acceptors (Lipinski definition) is 6. The molecule has 6 heteroatoms. The van der Waals surface area contributed by atoms with Crippen LogP contribution in [0.5, 0.6) is 5.75 Å². The predicted molar refractivity (Wildman–Crippen MR) is 87.8 cm³/mol. The molecule has 0 saturated heterocycles. The quantitative estimate of drug-likeness (QED) is 0.669. The van der Waals surface area contributed by atoms with Gasteiger partial charge in [-0.25, -0.2) is 9.78 Å². The molecule has 0 N–H and O–H groups in total. The van der Waals surface area contributed by atoms with Crippen molar-refractivity contribution in [3.63, 3.8) is 0 Å². The minimum absolute atomic E-state index is 0.462. The van der Waals surface area contributed by atoms with Gasteiger partial charge < -0.3 is 18.6 Å². The average molecular weight is 327 g/mol. The van der Waals surface area contributed by atoms with Crippen LogP contribution in [0.3, 0.4) is 0 Å². The van der Waals surface area contributed by atoms with Crippen molar-refractivity contribution in [3.05, 3.63) is 48.0 Å². The lowest BCUT2D eigenvalue weighted by atomic mass is 10.1. The number of aromatic nitrogens is 1.